The van der Waals surface area contributed by atoms with E-state index in [1.807, 2.05) is 42.6 Å². The number of aryl methyl sites for hydroxylation is 2. The third kappa shape index (κ3) is 5.92. The number of nitrogens with one attached hydrogen (secondary N) is 2. The zero-order chi connectivity index (χ0) is 19.8. The van der Waals surface area contributed by atoms with Crippen molar-refractivity contribution in [2.24, 2.45) is 0 Å². The minimum Gasteiger partial charge on any atom is -0.484 e. The number of rotatable bonds is 8. The normalized spacial score (nSPS) is 10.5. The fraction of sp³-hybridized carbons (Fsp3) is 0.263. The molecule has 0 spiro atoms. The van der Waals surface area contributed by atoms with Gasteiger partial charge in [0.25, 0.3) is 5.91 Å². The molecule has 0 saturated heterocycles. The molecule has 0 aliphatic rings. The quantitative estimate of drug-likeness (QED) is 0.563. The van der Waals surface area contributed by atoms with Gasteiger partial charge in [-0.1, -0.05) is 23.4 Å². The van der Waals surface area contributed by atoms with E-state index >= 15 is 0 Å². The van der Waals surface area contributed by atoms with Crippen LogP contribution in [0.2, 0.25) is 0 Å². The van der Waals surface area contributed by atoms with Crippen molar-refractivity contribution < 1.29 is 18.8 Å². The number of carbonyl (C=O) groups excluding carboxylic acids is 2. The Bertz CT molecular complexity index is 924. The van der Waals surface area contributed by atoms with E-state index in [4.69, 9.17) is 9.26 Å². The summed E-state index contributed by atoms with van der Waals surface area (Å²) >= 11 is 1.53. The highest BCUT2D eigenvalue weighted by molar-refractivity contribution is 7.13. The predicted octanol–water partition coefficient (Wildman–Crippen LogP) is 2.66. The van der Waals surface area contributed by atoms with Gasteiger partial charge < -0.3 is 9.26 Å². The maximum Gasteiger partial charge on any atom is 0.276 e. The fourth-order valence-corrected chi connectivity index (χ4v) is 3.00. The number of hydrazine groups is 1. The molecule has 8 nitrogen and oxygen atoms in total. The molecule has 0 atom stereocenters. The van der Waals surface area contributed by atoms with Gasteiger partial charge in [-0.2, -0.15) is 4.98 Å². The Labute approximate surface area is 165 Å². The van der Waals surface area contributed by atoms with Crippen LogP contribution in [-0.4, -0.2) is 28.6 Å². The van der Waals surface area contributed by atoms with Crippen LogP contribution < -0.4 is 15.6 Å². The number of carbonyl (C=O) groups is 2. The van der Waals surface area contributed by atoms with Crippen molar-refractivity contribution in [2.45, 2.75) is 26.2 Å². The Kier molecular flexibility index (Phi) is 6.74. The van der Waals surface area contributed by atoms with Crippen LogP contribution in [0, 0.1) is 6.92 Å². The SMILES string of the molecule is Cc1cccc(OCC(=O)NNC(=O)CCCc2nc(-c3cccs3)no2)c1. The van der Waals surface area contributed by atoms with Gasteiger partial charge in [0.2, 0.25) is 17.6 Å². The van der Waals surface area contributed by atoms with E-state index < -0.39 is 5.91 Å². The van der Waals surface area contributed by atoms with Crippen LogP contribution in [0.15, 0.2) is 46.3 Å². The van der Waals surface area contributed by atoms with E-state index in [0.29, 0.717) is 30.3 Å². The number of nitrogens with zero attached hydrogens (tertiary/aromatic N) is 2. The third-order valence-corrected chi connectivity index (χ3v) is 4.57. The minimum absolute atomic E-state index is 0.183. The molecule has 0 aliphatic heterocycles. The fourth-order valence-electron chi connectivity index (χ4n) is 2.35. The van der Waals surface area contributed by atoms with E-state index in [1.54, 1.807) is 6.07 Å². The van der Waals surface area contributed by atoms with Gasteiger partial charge in [-0.15, -0.1) is 11.3 Å². The Morgan fingerprint density at radius 3 is 2.82 bits per heavy atom. The monoisotopic (exact) mass is 400 g/mol. The van der Waals surface area contributed by atoms with E-state index in [0.717, 1.165) is 10.4 Å². The van der Waals surface area contributed by atoms with Crippen LogP contribution in [-0.2, 0) is 16.0 Å². The van der Waals surface area contributed by atoms with Crippen molar-refractivity contribution in [1.82, 2.24) is 21.0 Å². The van der Waals surface area contributed by atoms with Gasteiger partial charge in [-0.05, 0) is 42.5 Å². The summed E-state index contributed by atoms with van der Waals surface area (Å²) in [6.07, 6.45) is 1.22. The van der Waals surface area contributed by atoms with Gasteiger partial charge in [0.1, 0.15) is 5.75 Å². The van der Waals surface area contributed by atoms with Crippen LogP contribution >= 0.6 is 11.3 Å². The molecule has 0 radical (unpaired) electrons. The molecule has 9 heteroatoms. The lowest BCUT2D eigenvalue weighted by Crippen LogP contribution is -2.43. The van der Waals surface area contributed by atoms with Gasteiger partial charge in [0.05, 0.1) is 4.88 Å². The van der Waals surface area contributed by atoms with E-state index in [-0.39, 0.29) is 18.9 Å². The molecule has 3 rings (SSSR count). The van der Waals surface area contributed by atoms with E-state index in [2.05, 4.69) is 21.0 Å². The second-order valence-electron chi connectivity index (χ2n) is 6.04. The zero-order valence-corrected chi connectivity index (χ0v) is 16.1. The Morgan fingerprint density at radius 2 is 2.04 bits per heavy atom. The van der Waals surface area contributed by atoms with Crippen molar-refractivity contribution in [3.05, 3.63) is 53.2 Å². The van der Waals surface area contributed by atoms with Crippen LogP contribution in [0.1, 0.15) is 24.3 Å². The smallest absolute Gasteiger partial charge is 0.276 e. The molecule has 28 heavy (non-hydrogen) atoms. The van der Waals surface area contributed by atoms with Crippen molar-refractivity contribution in [3.8, 4) is 16.5 Å². The van der Waals surface area contributed by atoms with Gasteiger partial charge in [-0.3, -0.25) is 20.4 Å². The summed E-state index contributed by atoms with van der Waals surface area (Å²) in [5.41, 5.74) is 5.72. The number of hydrogen-bond donors (Lipinski definition) is 2. The molecule has 3 aromatic rings. The molecule has 1 aromatic carbocycles. The van der Waals surface area contributed by atoms with Crippen LogP contribution in [0.25, 0.3) is 10.7 Å². The van der Waals surface area contributed by atoms with Crippen molar-refractivity contribution in [1.29, 1.82) is 0 Å². The number of benzene rings is 1. The van der Waals surface area contributed by atoms with Gasteiger partial charge in [-0.25, -0.2) is 0 Å². The standard InChI is InChI=1S/C19H20N4O4S/c1-13-5-2-6-14(11-13)26-12-17(25)22-21-16(24)8-3-9-18-20-19(23-27-18)15-7-4-10-28-15/h2,4-7,10-11H,3,8-9,12H2,1H3,(H,21,24)(H,22,25). The highest BCUT2D eigenvalue weighted by Gasteiger charge is 2.11. The molecule has 2 heterocycles. The zero-order valence-electron chi connectivity index (χ0n) is 15.3. The predicted molar refractivity (Wildman–Crippen MR) is 104 cm³/mol. The summed E-state index contributed by atoms with van der Waals surface area (Å²) in [6, 6.07) is 11.2. The Hall–Kier alpha value is -3.20. The molecule has 0 saturated carbocycles. The summed E-state index contributed by atoms with van der Waals surface area (Å²) in [7, 11) is 0. The number of hydrogen-bond acceptors (Lipinski definition) is 7. The molecule has 0 bridgehead atoms. The third-order valence-electron chi connectivity index (χ3n) is 3.70. The van der Waals surface area contributed by atoms with Crippen LogP contribution in [0.3, 0.4) is 0 Å². The lowest BCUT2D eigenvalue weighted by Gasteiger charge is -2.09. The van der Waals surface area contributed by atoms with E-state index in [9.17, 15) is 9.59 Å². The average molecular weight is 400 g/mol. The summed E-state index contributed by atoms with van der Waals surface area (Å²) in [4.78, 5) is 28.8. The van der Waals surface area contributed by atoms with Crippen molar-refractivity contribution >= 4 is 23.2 Å². The van der Waals surface area contributed by atoms with Crippen LogP contribution in [0.5, 0.6) is 5.75 Å². The molecule has 2 N–H and O–H groups in total. The van der Waals surface area contributed by atoms with Crippen molar-refractivity contribution in [2.75, 3.05) is 6.61 Å². The molecule has 0 fully saturated rings. The number of aromatic nitrogens is 2. The number of amides is 2. The molecule has 2 aromatic heterocycles. The largest absolute Gasteiger partial charge is 0.484 e. The molecule has 0 aliphatic carbocycles. The molecule has 146 valence electrons. The number of ether oxygens (including phenoxy) is 1. The second-order valence-corrected chi connectivity index (χ2v) is 6.99. The molecule has 2 amide bonds. The van der Waals surface area contributed by atoms with Crippen molar-refractivity contribution in [3.63, 3.8) is 0 Å². The lowest BCUT2D eigenvalue weighted by molar-refractivity contribution is -0.130. The first kappa shape index (κ1) is 19.6. The average Bonchev–Trinajstić information content (AvgIpc) is 3.36. The minimum atomic E-state index is -0.438. The van der Waals surface area contributed by atoms with Gasteiger partial charge in [0.15, 0.2) is 6.61 Å². The maximum absolute atomic E-state index is 11.8. The topological polar surface area (TPSA) is 106 Å². The van der Waals surface area contributed by atoms with Gasteiger partial charge >= 0.3 is 0 Å². The lowest BCUT2D eigenvalue weighted by atomic mass is 10.2. The Morgan fingerprint density at radius 1 is 1.18 bits per heavy atom. The molecular weight excluding hydrogens is 380 g/mol. The summed E-state index contributed by atoms with van der Waals surface area (Å²) < 4.78 is 10.5. The maximum atomic E-state index is 11.8. The second kappa shape index (κ2) is 9.65. The summed E-state index contributed by atoms with van der Waals surface area (Å²) in [6.45, 7) is 1.75. The first-order chi connectivity index (χ1) is 13.6. The van der Waals surface area contributed by atoms with E-state index in [1.165, 1.54) is 11.3 Å². The molecular formula is C19H20N4O4S. The highest BCUT2D eigenvalue weighted by Crippen LogP contribution is 2.21. The number of thiophene rings is 1. The first-order valence-corrected chi connectivity index (χ1v) is 9.62. The first-order valence-electron chi connectivity index (χ1n) is 8.74. The summed E-state index contributed by atoms with van der Waals surface area (Å²) in [5.74, 6) is 0.888. The summed E-state index contributed by atoms with van der Waals surface area (Å²) in [5, 5.41) is 5.86. The Balaban J connectivity index is 1.31. The van der Waals surface area contributed by atoms with Gasteiger partial charge in [0, 0.05) is 12.8 Å². The molecule has 0 unspecified atom stereocenters. The highest BCUT2D eigenvalue weighted by atomic mass is 32.1. The van der Waals surface area contributed by atoms with Crippen LogP contribution in [0.4, 0.5) is 0 Å².